The lowest BCUT2D eigenvalue weighted by Crippen LogP contribution is -2.46. The molecule has 0 N–H and O–H groups in total. The van der Waals surface area contributed by atoms with Gasteiger partial charge in [-0.3, -0.25) is 4.79 Å². The Hall–Kier alpha value is -1.34. The monoisotopic (exact) mass is 180 g/mol. The first-order valence-electron chi connectivity index (χ1n) is 4.15. The van der Waals surface area contributed by atoms with Crippen LogP contribution in [0.1, 0.15) is 6.42 Å². The maximum Gasteiger partial charge on any atom is 0.248 e. The van der Waals surface area contributed by atoms with Gasteiger partial charge in [0.05, 0.1) is 18.6 Å². The molecular weight excluding hydrogens is 168 g/mol. The molecule has 0 spiro atoms. The number of nitrogens with zero attached hydrogens (tertiary/aromatic N) is 2. The van der Waals surface area contributed by atoms with Crippen molar-refractivity contribution in [1.29, 1.82) is 5.26 Å². The third-order valence-corrected chi connectivity index (χ3v) is 1.89. The summed E-state index contributed by atoms with van der Waals surface area (Å²) in [6.07, 6.45) is 1.87. The zero-order chi connectivity index (χ0) is 9.68. The predicted octanol–water partition coefficient (Wildman–Crippen LogP) is 0.313. The summed E-state index contributed by atoms with van der Waals surface area (Å²) in [4.78, 5) is 12.9. The molecular formula is C9H12N2O2. The minimum Gasteiger partial charge on any atom is -0.365 e. The number of ether oxygens (including phenoxy) is 1. The molecule has 0 aliphatic carbocycles. The van der Waals surface area contributed by atoms with Crippen LogP contribution in [0.3, 0.4) is 0 Å². The van der Waals surface area contributed by atoms with Crippen LogP contribution in [0, 0.1) is 11.3 Å². The second-order valence-corrected chi connectivity index (χ2v) is 2.88. The molecule has 1 unspecified atom stereocenters. The molecule has 1 amide bonds. The van der Waals surface area contributed by atoms with Crippen LogP contribution < -0.4 is 0 Å². The lowest BCUT2D eigenvalue weighted by molar-refractivity contribution is -0.147. The van der Waals surface area contributed by atoms with Gasteiger partial charge in [-0.05, 0) is 0 Å². The summed E-state index contributed by atoms with van der Waals surface area (Å²) in [7, 11) is 0. The van der Waals surface area contributed by atoms with E-state index >= 15 is 0 Å². The first kappa shape index (κ1) is 9.75. The molecule has 70 valence electrons. The zero-order valence-electron chi connectivity index (χ0n) is 7.40. The van der Waals surface area contributed by atoms with Gasteiger partial charge in [0.2, 0.25) is 5.91 Å². The van der Waals surface area contributed by atoms with Crippen molar-refractivity contribution in [2.75, 3.05) is 19.7 Å². The van der Waals surface area contributed by atoms with Crippen molar-refractivity contribution >= 4 is 5.91 Å². The summed E-state index contributed by atoms with van der Waals surface area (Å²) in [5.74, 6) is -0.0333. The Morgan fingerprint density at radius 3 is 3.23 bits per heavy atom. The van der Waals surface area contributed by atoms with Crippen molar-refractivity contribution in [2.45, 2.75) is 12.5 Å². The van der Waals surface area contributed by atoms with Gasteiger partial charge < -0.3 is 9.64 Å². The first-order chi connectivity index (χ1) is 6.27. The van der Waals surface area contributed by atoms with Crippen molar-refractivity contribution in [1.82, 2.24) is 4.90 Å². The van der Waals surface area contributed by atoms with Gasteiger partial charge in [0.25, 0.3) is 0 Å². The van der Waals surface area contributed by atoms with Crippen LogP contribution in [0.4, 0.5) is 0 Å². The van der Waals surface area contributed by atoms with Gasteiger partial charge in [-0.15, -0.1) is 6.58 Å². The van der Waals surface area contributed by atoms with Crippen LogP contribution >= 0.6 is 0 Å². The molecule has 1 saturated heterocycles. The van der Waals surface area contributed by atoms with Crippen LogP contribution in [-0.2, 0) is 9.53 Å². The van der Waals surface area contributed by atoms with E-state index in [9.17, 15) is 4.79 Å². The summed E-state index contributed by atoms with van der Waals surface area (Å²) >= 11 is 0. The Bertz CT molecular complexity index is 244. The molecule has 1 atom stereocenters. The first-order valence-corrected chi connectivity index (χ1v) is 4.15. The van der Waals surface area contributed by atoms with E-state index in [0.717, 1.165) is 0 Å². The van der Waals surface area contributed by atoms with E-state index in [1.54, 1.807) is 11.0 Å². The molecule has 4 nitrogen and oxygen atoms in total. The lowest BCUT2D eigenvalue weighted by Gasteiger charge is -2.30. The average molecular weight is 180 g/mol. The summed E-state index contributed by atoms with van der Waals surface area (Å²) in [6, 6.07) is 2.03. The molecule has 0 saturated carbocycles. The molecule has 0 bridgehead atoms. The van der Waals surface area contributed by atoms with E-state index in [1.807, 2.05) is 6.07 Å². The molecule has 1 heterocycles. The fourth-order valence-corrected chi connectivity index (χ4v) is 1.24. The Morgan fingerprint density at radius 2 is 2.62 bits per heavy atom. The molecule has 0 aromatic rings. The summed E-state index contributed by atoms with van der Waals surface area (Å²) < 4.78 is 5.16. The molecule has 1 aliphatic rings. The smallest absolute Gasteiger partial charge is 0.248 e. The maximum absolute atomic E-state index is 11.2. The zero-order valence-corrected chi connectivity index (χ0v) is 7.40. The Morgan fingerprint density at radius 1 is 1.85 bits per heavy atom. The minimum atomic E-state index is -0.136. The number of carbonyl (C=O) groups is 1. The number of nitriles is 1. The largest absolute Gasteiger partial charge is 0.365 e. The predicted molar refractivity (Wildman–Crippen MR) is 46.7 cm³/mol. The van der Waals surface area contributed by atoms with Crippen LogP contribution in [0.5, 0.6) is 0 Å². The van der Waals surface area contributed by atoms with E-state index in [0.29, 0.717) is 19.5 Å². The molecule has 0 aromatic heterocycles. The van der Waals surface area contributed by atoms with Gasteiger partial charge in [0, 0.05) is 13.1 Å². The van der Waals surface area contributed by atoms with Crippen molar-refractivity contribution in [3.63, 3.8) is 0 Å². The molecule has 1 rings (SSSR count). The number of carbonyl (C=O) groups excluding carboxylic acids is 1. The number of morpholine rings is 1. The van der Waals surface area contributed by atoms with Crippen LogP contribution in [0.2, 0.25) is 0 Å². The fourth-order valence-electron chi connectivity index (χ4n) is 1.24. The van der Waals surface area contributed by atoms with Crippen LogP contribution in [0.15, 0.2) is 12.7 Å². The van der Waals surface area contributed by atoms with Crippen molar-refractivity contribution < 1.29 is 9.53 Å². The Balaban J connectivity index is 2.48. The highest BCUT2D eigenvalue weighted by Gasteiger charge is 2.24. The maximum atomic E-state index is 11.2. The van der Waals surface area contributed by atoms with Gasteiger partial charge in [0.15, 0.2) is 0 Å². The van der Waals surface area contributed by atoms with Crippen LogP contribution in [0.25, 0.3) is 0 Å². The Kier molecular flexibility index (Phi) is 3.47. The minimum absolute atomic E-state index is 0.0333. The normalized spacial score (nSPS) is 22.5. The number of amides is 1. The van der Waals surface area contributed by atoms with Gasteiger partial charge in [0.1, 0.15) is 6.61 Å². The van der Waals surface area contributed by atoms with E-state index in [-0.39, 0.29) is 18.6 Å². The average Bonchev–Trinajstić information content (AvgIpc) is 2.12. The van der Waals surface area contributed by atoms with Crippen molar-refractivity contribution in [3.8, 4) is 6.07 Å². The second kappa shape index (κ2) is 4.63. The summed E-state index contributed by atoms with van der Waals surface area (Å²) in [6.45, 7) is 4.67. The highest BCUT2D eigenvalue weighted by atomic mass is 16.5. The third kappa shape index (κ3) is 2.56. The van der Waals surface area contributed by atoms with Crippen molar-refractivity contribution in [2.24, 2.45) is 0 Å². The second-order valence-electron chi connectivity index (χ2n) is 2.88. The number of hydrogen-bond donors (Lipinski definition) is 0. The molecule has 0 aromatic carbocycles. The molecule has 1 aliphatic heterocycles. The number of rotatable bonds is 3. The van der Waals surface area contributed by atoms with E-state index in [2.05, 4.69) is 6.58 Å². The SMILES string of the molecule is C=CCN1CC(CC#N)OCC1=O. The quantitative estimate of drug-likeness (QED) is 0.587. The van der Waals surface area contributed by atoms with E-state index < -0.39 is 0 Å². The van der Waals surface area contributed by atoms with Gasteiger partial charge in [-0.2, -0.15) is 5.26 Å². The van der Waals surface area contributed by atoms with Crippen molar-refractivity contribution in [3.05, 3.63) is 12.7 Å². The highest BCUT2D eigenvalue weighted by Crippen LogP contribution is 2.08. The molecule has 13 heavy (non-hydrogen) atoms. The number of hydrogen-bond acceptors (Lipinski definition) is 3. The topological polar surface area (TPSA) is 53.3 Å². The van der Waals surface area contributed by atoms with Gasteiger partial charge >= 0.3 is 0 Å². The van der Waals surface area contributed by atoms with E-state index in [4.69, 9.17) is 10.00 Å². The molecule has 1 fully saturated rings. The van der Waals surface area contributed by atoms with Crippen LogP contribution in [-0.4, -0.2) is 36.6 Å². The van der Waals surface area contributed by atoms with Gasteiger partial charge in [-0.25, -0.2) is 0 Å². The molecule has 0 radical (unpaired) electrons. The Labute approximate surface area is 77.4 Å². The standard InChI is InChI=1S/C9H12N2O2/c1-2-5-11-6-8(3-4-10)13-7-9(11)12/h2,8H,1,3,5-7H2. The highest BCUT2D eigenvalue weighted by molar-refractivity contribution is 5.78. The lowest BCUT2D eigenvalue weighted by atomic mass is 10.2. The van der Waals surface area contributed by atoms with E-state index in [1.165, 1.54) is 0 Å². The summed E-state index contributed by atoms with van der Waals surface area (Å²) in [5, 5.41) is 8.45. The van der Waals surface area contributed by atoms with Gasteiger partial charge in [-0.1, -0.05) is 6.08 Å². The molecule has 4 heteroatoms. The third-order valence-electron chi connectivity index (χ3n) is 1.89. The summed E-state index contributed by atoms with van der Waals surface area (Å²) in [5.41, 5.74) is 0. The fraction of sp³-hybridized carbons (Fsp3) is 0.556.